The SMILES string of the molecule is CC(C)C.CC(C)CC1NCCN(CC(=O)N2CCC3(CC2)O[CH-]O3)C1=O.[Y]. The first kappa shape index (κ1) is 26.0. The van der Waals surface area contributed by atoms with Gasteiger partial charge in [-0.05, 0) is 18.3 Å². The van der Waals surface area contributed by atoms with Crippen molar-refractivity contribution < 1.29 is 51.8 Å². The van der Waals surface area contributed by atoms with Crippen molar-refractivity contribution in [2.24, 2.45) is 11.8 Å². The van der Waals surface area contributed by atoms with Gasteiger partial charge in [0.05, 0.1) is 12.6 Å². The average molecular weight is 471 g/mol. The molecule has 1 radical (unpaired) electrons. The smallest absolute Gasteiger partial charge is 0.242 e. The molecule has 0 aromatic heterocycles. The standard InChI is InChI=1S/C16H26N3O4.C4H10.Y/c1-12(2)9-13-15(21)19(8-5-17-13)10-14(20)18-6-3-16(4-7-18)22-11-23-16;1-4(2)3;/h11-13,17H,3-10H2,1-2H3;4H,1-3H3;/q-1;;. The molecule has 7 nitrogen and oxygen atoms in total. The number of piperazine rings is 1. The van der Waals surface area contributed by atoms with Gasteiger partial charge < -0.3 is 24.6 Å². The van der Waals surface area contributed by atoms with Crippen molar-refractivity contribution in [3.05, 3.63) is 6.79 Å². The molecule has 0 aromatic rings. The Morgan fingerprint density at radius 1 is 1.18 bits per heavy atom. The van der Waals surface area contributed by atoms with Crippen LogP contribution < -0.4 is 5.32 Å². The Kier molecular flexibility index (Phi) is 11.1. The third kappa shape index (κ3) is 7.64. The topological polar surface area (TPSA) is 71.1 Å². The Bertz CT molecular complexity index is 499. The van der Waals surface area contributed by atoms with E-state index in [4.69, 9.17) is 9.47 Å². The van der Waals surface area contributed by atoms with E-state index in [2.05, 4.69) is 39.9 Å². The Labute approximate surface area is 195 Å². The first-order valence-corrected chi connectivity index (χ1v) is 10.2. The molecule has 0 saturated carbocycles. The Balaban J connectivity index is 0.000000717. The summed E-state index contributed by atoms with van der Waals surface area (Å²) in [5.41, 5.74) is 0. The molecule has 2 amide bonds. The number of nitrogens with zero attached hydrogens (tertiary/aromatic N) is 2. The molecule has 3 rings (SSSR count). The minimum atomic E-state index is -0.496. The zero-order valence-corrected chi connectivity index (χ0v) is 20.9. The fourth-order valence-corrected chi connectivity index (χ4v) is 3.38. The number of nitrogens with one attached hydrogen (secondary N) is 1. The van der Waals surface area contributed by atoms with Crippen molar-refractivity contribution in [3.63, 3.8) is 0 Å². The number of rotatable bonds is 4. The minimum Gasteiger partial charge on any atom is -0.502 e. The van der Waals surface area contributed by atoms with E-state index in [1.165, 1.54) is 6.79 Å². The Morgan fingerprint density at radius 2 is 1.75 bits per heavy atom. The molecule has 3 fully saturated rings. The van der Waals surface area contributed by atoms with Crippen LogP contribution in [0, 0.1) is 18.6 Å². The average Bonchev–Trinajstić information content (AvgIpc) is 2.56. The van der Waals surface area contributed by atoms with E-state index in [1.807, 2.05) is 4.90 Å². The van der Waals surface area contributed by atoms with E-state index in [-0.39, 0.29) is 57.1 Å². The molecule has 28 heavy (non-hydrogen) atoms. The zero-order chi connectivity index (χ0) is 20.0. The quantitative estimate of drug-likeness (QED) is 0.635. The fraction of sp³-hybridized carbons (Fsp3) is 0.850. The van der Waals surface area contributed by atoms with Gasteiger partial charge in [-0.2, -0.15) is 0 Å². The molecule has 8 heteroatoms. The molecule has 1 atom stereocenters. The summed E-state index contributed by atoms with van der Waals surface area (Å²) in [5.74, 6) is 0.850. The Morgan fingerprint density at radius 3 is 2.21 bits per heavy atom. The molecule has 1 spiro atoms. The molecule has 1 N–H and O–H groups in total. The van der Waals surface area contributed by atoms with Crippen LogP contribution in [0.25, 0.3) is 0 Å². The van der Waals surface area contributed by atoms with Gasteiger partial charge in [-0.25, -0.2) is 0 Å². The molecule has 0 aromatic carbocycles. The van der Waals surface area contributed by atoms with Gasteiger partial charge in [0.2, 0.25) is 11.8 Å². The maximum atomic E-state index is 12.5. The predicted molar refractivity (Wildman–Crippen MR) is 103 cm³/mol. The molecule has 0 bridgehead atoms. The molecule has 0 aliphatic carbocycles. The van der Waals surface area contributed by atoms with Crippen LogP contribution in [0.5, 0.6) is 0 Å². The van der Waals surface area contributed by atoms with Crippen molar-refractivity contribution in [1.82, 2.24) is 15.1 Å². The van der Waals surface area contributed by atoms with Crippen molar-refractivity contribution in [2.45, 2.75) is 65.7 Å². The van der Waals surface area contributed by atoms with Gasteiger partial charge in [0, 0.05) is 71.7 Å². The van der Waals surface area contributed by atoms with Crippen molar-refractivity contribution >= 4 is 11.8 Å². The van der Waals surface area contributed by atoms with E-state index in [9.17, 15) is 9.59 Å². The molecular formula is C20H36N3O4Y-. The van der Waals surface area contributed by atoms with Crippen LogP contribution in [0.4, 0.5) is 0 Å². The van der Waals surface area contributed by atoms with Crippen LogP contribution in [-0.4, -0.2) is 66.2 Å². The normalized spacial score (nSPS) is 23.8. The van der Waals surface area contributed by atoms with Crippen LogP contribution in [0.2, 0.25) is 0 Å². The maximum absolute atomic E-state index is 12.5. The fourth-order valence-electron chi connectivity index (χ4n) is 3.38. The summed E-state index contributed by atoms with van der Waals surface area (Å²) in [6.45, 7) is 14.8. The van der Waals surface area contributed by atoms with Gasteiger partial charge in [-0.3, -0.25) is 9.59 Å². The van der Waals surface area contributed by atoms with Crippen molar-refractivity contribution in [2.75, 3.05) is 32.7 Å². The summed E-state index contributed by atoms with van der Waals surface area (Å²) in [6, 6.07) is -0.159. The molecule has 3 saturated heterocycles. The van der Waals surface area contributed by atoms with Crippen molar-refractivity contribution in [1.29, 1.82) is 0 Å². The summed E-state index contributed by atoms with van der Waals surface area (Å²) in [6.07, 6.45) is 2.17. The molecule has 1 unspecified atom stereocenters. The summed E-state index contributed by atoms with van der Waals surface area (Å²) in [7, 11) is 0. The number of ether oxygens (including phenoxy) is 2. The van der Waals surface area contributed by atoms with Crippen LogP contribution in [0.15, 0.2) is 0 Å². The second kappa shape index (κ2) is 11.9. The molecule has 159 valence electrons. The Hall–Kier alpha value is -0.0761. The van der Waals surface area contributed by atoms with E-state index in [0.717, 1.165) is 18.9 Å². The minimum absolute atomic E-state index is 0. The number of carbonyl (C=O) groups is 2. The summed E-state index contributed by atoms with van der Waals surface area (Å²) in [5, 5.41) is 3.26. The first-order chi connectivity index (χ1) is 12.7. The van der Waals surface area contributed by atoms with Gasteiger partial charge in [0.1, 0.15) is 5.79 Å². The number of piperidine rings is 1. The number of hydrogen-bond donors (Lipinski definition) is 1. The van der Waals surface area contributed by atoms with Crippen LogP contribution in [0.1, 0.15) is 53.9 Å². The van der Waals surface area contributed by atoms with Gasteiger partial charge >= 0.3 is 0 Å². The van der Waals surface area contributed by atoms with Crippen LogP contribution >= 0.6 is 0 Å². The van der Waals surface area contributed by atoms with Gasteiger partial charge in [0.15, 0.2) is 0 Å². The molecule has 3 heterocycles. The third-order valence-electron chi connectivity index (χ3n) is 4.82. The second-order valence-electron chi connectivity index (χ2n) is 8.75. The predicted octanol–water partition coefficient (Wildman–Crippen LogP) is 1.98. The van der Waals surface area contributed by atoms with Crippen molar-refractivity contribution in [3.8, 4) is 0 Å². The molecule has 3 aliphatic rings. The van der Waals surface area contributed by atoms with E-state index < -0.39 is 5.79 Å². The van der Waals surface area contributed by atoms with Crippen LogP contribution in [0.3, 0.4) is 0 Å². The zero-order valence-electron chi connectivity index (χ0n) is 18.1. The summed E-state index contributed by atoms with van der Waals surface area (Å²) >= 11 is 0. The number of hydrogen-bond acceptors (Lipinski definition) is 5. The third-order valence-corrected chi connectivity index (χ3v) is 4.82. The molecule has 3 aliphatic heterocycles. The van der Waals surface area contributed by atoms with Gasteiger partial charge in [0.25, 0.3) is 0 Å². The van der Waals surface area contributed by atoms with Gasteiger partial charge in [-0.15, -0.1) is 0 Å². The van der Waals surface area contributed by atoms with E-state index >= 15 is 0 Å². The monoisotopic (exact) mass is 471 g/mol. The number of carbonyl (C=O) groups excluding carboxylic acids is 2. The first-order valence-electron chi connectivity index (χ1n) is 10.2. The van der Waals surface area contributed by atoms with E-state index in [0.29, 0.717) is 38.4 Å². The van der Waals surface area contributed by atoms with Crippen LogP contribution in [-0.2, 0) is 51.8 Å². The number of likely N-dealkylation sites (tertiary alicyclic amines) is 1. The second-order valence-corrected chi connectivity index (χ2v) is 8.75. The maximum Gasteiger partial charge on any atom is 0.242 e. The van der Waals surface area contributed by atoms with E-state index in [1.54, 1.807) is 4.90 Å². The largest absolute Gasteiger partial charge is 0.502 e. The number of amides is 2. The molecular weight excluding hydrogens is 435 g/mol. The van der Waals surface area contributed by atoms with Gasteiger partial charge in [-0.1, -0.05) is 41.4 Å². The summed E-state index contributed by atoms with van der Waals surface area (Å²) in [4.78, 5) is 28.5. The summed E-state index contributed by atoms with van der Waals surface area (Å²) < 4.78 is 10.7.